The van der Waals surface area contributed by atoms with Crippen LogP contribution in [-0.4, -0.2) is 29.2 Å². The maximum atomic E-state index is 11.6. The van der Waals surface area contributed by atoms with E-state index in [9.17, 15) is 9.59 Å². The van der Waals surface area contributed by atoms with Crippen molar-refractivity contribution in [2.24, 2.45) is 5.92 Å². The second kappa shape index (κ2) is 7.80. The number of anilines is 1. The highest BCUT2D eigenvalue weighted by Gasteiger charge is 2.15. The first kappa shape index (κ1) is 18.5. The van der Waals surface area contributed by atoms with Gasteiger partial charge < -0.3 is 24.9 Å². The van der Waals surface area contributed by atoms with E-state index in [1.807, 2.05) is 0 Å². The molecule has 0 radical (unpaired) electrons. The fourth-order valence-corrected chi connectivity index (χ4v) is 2.21. The zero-order valence-electron chi connectivity index (χ0n) is 14.0. The minimum Gasteiger partial charge on any atom is -0.496 e. The van der Waals surface area contributed by atoms with Gasteiger partial charge in [0.2, 0.25) is 11.7 Å². The van der Waals surface area contributed by atoms with Gasteiger partial charge in [-0.1, -0.05) is 13.8 Å². The Hall–Kier alpha value is -2.87. The van der Waals surface area contributed by atoms with Gasteiger partial charge in [-0.05, 0) is 36.5 Å². The molecular formula is C17H18N2O5S. The quantitative estimate of drug-likeness (QED) is 0.703. The van der Waals surface area contributed by atoms with Crippen LogP contribution in [-0.2, 0) is 4.79 Å². The number of ether oxygens (including phenoxy) is 1. The maximum Gasteiger partial charge on any atom is 0.371 e. The number of methoxy groups -OCH3 is 1. The Kier molecular flexibility index (Phi) is 5.76. The van der Waals surface area contributed by atoms with Crippen molar-refractivity contribution in [1.29, 1.82) is 0 Å². The molecule has 25 heavy (non-hydrogen) atoms. The van der Waals surface area contributed by atoms with Crippen molar-refractivity contribution in [3.8, 4) is 17.1 Å². The van der Waals surface area contributed by atoms with E-state index in [4.69, 9.17) is 26.5 Å². The Morgan fingerprint density at radius 3 is 2.52 bits per heavy atom. The molecule has 2 rings (SSSR count). The molecule has 0 bridgehead atoms. The van der Waals surface area contributed by atoms with E-state index in [1.165, 1.54) is 13.2 Å². The highest BCUT2D eigenvalue weighted by atomic mass is 32.1. The molecule has 8 heteroatoms. The highest BCUT2D eigenvalue weighted by molar-refractivity contribution is 7.80. The molecular weight excluding hydrogens is 344 g/mol. The molecule has 7 nitrogen and oxygen atoms in total. The standard InChI is InChI=1S/C17H18N2O5S/c1-9(2)15(20)19-17(25)18-10-4-5-11(14(8-10)23-3)12-6-7-13(24-12)16(21)22/h4-9H,1-3H3,(H,21,22)(H2,18,19,20,25). The Morgan fingerprint density at radius 1 is 1.24 bits per heavy atom. The number of amides is 1. The Balaban J connectivity index is 2.19. The zero-order chi connectivity index (χ0) is 18.6. The second-order valence-electron chi connectivity index (χ2n) is 5.48. The van der Waals surface area contributed by atoms with Crippen LogP contribution in [0.2, 0.25) is 0 Å². The van der Waals surface area contributed by atoms with Gasteiger partial charge in [-0.15, -0.1) is 0 Å². The number of thiocarbonyl (C=S) groups is 1. The smallest absolute Gasteiger partial charge is 0.371 e. The van der Waals surface area contributed by atoms with E-state index < -0.39 is 5.97 Å². The first-order valence-corrected chi connectivity index (χ1v) is 7.86. The Bertz CT molecular complexity index is 813. The van der Waals surface area contributed by atoms with Crippen molar-refractivity contribution in [3.05, 3.63) is 36.1 Å². The lowest BCUT2D eigenvalue weighted by molar-refractivity contribution is -0.122. The fourth-order valence-electron chi connectivity index (χ4n) is 1.99. The molecule has 0 aliphatic heterocycles. The van der Waals surface area contributed by atoms with Gasteiger partial charge in [-0.25, -0.2) is 4.79 Å². The Morgan fingerprint density at radius 2 is 1.96 bits per heavy atom. The minimum atomic E-state index is -1.14. The summed E-state index contributed by atoms with van der Waals surface area (Å²) in [6, 6.07) is 8.03. The third kappa shape index (κ3) is 4.57. The van der Waals surface area contributed by atoms with Crippen molar-refractivity contribution in [2.45, 2.75) is 13.8 Å². The molecule has 1 aromatic carbocycles. The molecule has 0 aliphatic carbocycles. The molecule has 0 saturated heterocycles. The molecule has 3 N–H and O–H groups in total. The highest BCUT2D eigenvalue weighted by Crippen LogP contribution is 2.33. The van der Waals surface area contributed by atoms with Crippen molar-refractivity contribution in [1.82, 2.24) is 5.32 Å². The summed E-state index contributed by atoms with van der Waals surface area (Å²) in [5.41, 5.74) is 1.21. The van der Waals surface area contributed by atoms with Gasteiger partial charge in [0.25, 0.3) is 0 Å². The molecule has 132 valence electrons. The summed E-state index contributed by atoms with van der Waals surface area (Å²) >= 11 is 5.10. The fraction of sp³-hybridized carbons (Fsp3) is 0.235. The van der Waals surface area contributed by atoms with Crippen LogP contribution < -0.4 is 15.4 Å². The van der Waals surface area contributed by atoms with Gasteiger partial charge in [-0.3, -0.25) is 4.79 Å². The van der Waals surface area contributed by atoms with Crippen molar-refractivity contribution < 1.29 is 23.8 Å². The number of carbonyl (C=O) groups excluding carboxylic acids is 1. The first-order chi connectivity index (χ1) is 11.8. The second-order valence-corrected chi connectivity index (χ2v) is 5.89. The number of carboxylic acids is 1. The normalized spacial score (nSPS) is 10.4. The number of aromatic carboxylic acids is 1. The lowest BCUT2D eigenvalue weighted by Gasteiger charge is -2.13. The molecule has 0 spiro atoms. The summed E-state index contributed by atoms with van der Waals surface area (Å²) in [5, 5.41) is 14.6. The summed E-state index contributed by atoms with van der Waals surface area (Å²) in [6.07, 6.45) is 0. The Labute approximate surface area is 150 Å². The maximum absolute atomic E-state index is 11.6. The lowest BCUT2D eigenvalue weighted by Crippen LogP contribution is -2.36. The monoisotopic (exact) mass is 362 g/mol. The van der Waals surface area contributed by atoms with Crippen LogP contribution in [0.3, 0.4) is 0 Å². The average Bonchev–Trinajstić information content (AvgIpc) is 3.04. The summed E-state index contributed by atoms with van der Waals surface area (Å²) in [5.74, 6) is -0.825. The van der Waals surface area contributed by atoms with Gasteiger partial charge in [0.05, 0.1) is 12.7 Å². The van der Waals surface area contributed by atoms with E-state index in [0.717, 1.165) is 0 Å². The average molecular weight is 362 g/mol. The number of carboxylic acid groups (broad SMARTS) is 1. The van der Waals surface area contributed by atoms with Gasteiger partial charge >= 0.3 is 5.97 Å². The summed E-state index contributed by atoms with van der Waals surface area (Å²) in [6.45, 7) is 3.54. The number of carbonyl (C=O) groups is 2. The number of hydrogen-bond acceptors (Lipinski definition) is 5. The molecule has 2 aromatic rings. The number of furan rings is 1. The molecule has 1 heterocycles. The van der Waals surface area contributed by atoms with Crippen molar-refractivity contribution in [2.75, 3.05) is 12.4 Å². The number of nitrogens with one attached hydrogen (secondary N) is 2. The number of rotatable bonds is 5. The van der Waals surface area contributed by atoms with Crippen LogP contribution in [0.4, 0.5) is 5.69 Å². The van der Waals surface area contributed by atoms with Crippen molar-refractivity contribution >= 4 is 34.9 Å². The van der Waals surface area contributed by atoms with E-state index in [2.05, 4.69) is 10.6 Å². The molecule has 0 fully saturated rings. The summed E-state index contributed by atoms with van der Waals surface area (Å²) < 4.78 is 10.6. The van der Waals surface area contributed by atoms with Crippen LogP contribution in [0, 0.1) is 5.92 Å². The first-order valence-electron chi connectivity index (χ1n) is 7.45. The predicted octanol–water partition coefficient (Wildman–Crippen LogP) is 3.12. The SMILES string of the molecule is COc1cc(NC(=S)NC(=O)C(C)C)ccc1-c1ccc(C(=O)O)o1. The molecule has 0 atom stereocenters. The molecule has 1 amide bonds. The van der Waals surface area contributed by atoms with Gasteiger partial charge in [0.15, 0.2) is 5.11 Å². The lowest BCUT2D eigenvalue weighted by atomic mass is 10.1. The van der Waals surface area contributed by atoms with Gasteiger partial charge in [0.1, 0.15) is 11.5 Å². The van der Waals surface area contributed by atoms with Gasteiger partial charge in [0, 0.05) is 17.7 Å². The zero-order valence-corrected chi connectivity index (χ0v) is 14.8. The summed E-state index contributed by atoms with van der Waals surface area (Å²) in [7, 11) is 1.49. The topological polar surface area (TPSA) is 101 Å². The molecule has 1 aromatic heterocycles. The van der Waals surface area contributed by atoms with Crippen LogP contribution >= 0.6 is 12.2 Å². The van der Waals surface area contributed by atoms with Crippen LogP contribution in [0.15, 0.2) is 34.7 Å². The van der Waals surface area contributed by atoms with Gasteiger partial charge in [-0.2, -0.15) is 0 Å². The van der Waals surface area contributed by atoms with Crippen LogP contribution in [0.25, 0.3) is 11.3 Å². The van der Waals surface area contributed by atoms with E-state index in [0.29, 0.717) is 22.8 Å². The molecule has 0 unspecified atom stereocenters. The largest absolute Gasteiger partial charge is 0.496 e. The van der Waals surface area contributed by atoms with Crippen LogP contribution in [0.5, 0.6) is 5.75 Å². The third-order valence-electron chi connectivity index (χ3n) is 3.30. The number of hydrogen-bond donors (Lipinski definition) is 3. The van der Waals surface area contributed by atoms with Crippen molar-refractivity contribution in [3.63, 3.8) is 0 Å². The molecule has 0 aliphatic rings. The van der Waals surface area contributed by atoms with Crippen LogP contribution in [0.1, 0.15) is 24.4 Å². The van der Waals surface area contributed by atoms with E-state index in [-0.39, 0.29) is 22.7 Å². The minimum absolute atomic E-state index is 0.156. The molecule has 0 saturated carbocycles. The van der Waals surface area contributed by atoms with E-state index in [1.54, 1.807) is 38.1 Å². The van der Waals surface area contributed by atoms with E-state index >= 15 is 0 Å². The predicted molar refractivity (Wildman–Crippen MR) is 96.9 cm³/mol. The number of benzene rings is 1. The third-order valence-corrected chi connectivity index (χ3v) is 3.51. The summed E-state index contributed by atoms with van der Waals surface area (Å²) in [4.78, 5) is 22.6.